The maximum atomic E-state index is 11.4. The summed E-state index contributed by atoms with van der Waals surface area (Å²) >= 11 is 1.76. The first-order chi connectivity index (χ1) is 8.72. The van der Waals surface area contributed by atoms with E-state index in [0.717, 1.165) is 12.2 Å². The van der Waals surface area contributed by atoms with E-state index in [0.29, 0.717) is 13.1 Å². The molecule has 2 fully saturated rings. The Hall–Kier alpha value is -0.310. The molecule has 1 spiro atoms. The van der Waals surface area contributed by atoms with Crippen LogP contribution in [-0.4, -0.2) is 80.2 Å². The van der Waals surface area contributed by atoms with Gasteiger partial charge in [-0.2, -0.15) is 4.31 Å². The summed E-state index contributed by atoms with van der Waals surface area (Å²) in [6.45, 7) is 1.24. The van der Waals surface area contributed by atoms with Gasteiger partial charge >= 0.3 is 0 Å². The molecule has 6 nitrogen and oxygen atoms in total. The summed E-state index contributed by atoms with van der Waals surface area (Å²) in [5.41, 5.74) is 0. The molecule has 0 saturated carbocycles. The third-order valence-electron chi connectivity index (χ3n) is 3.51. The highest BCUT2D eigenvalue weighted by Crippen LogP contribution is 2.46. The molecular formula is C11H20N2O4S2. The number of hydrogen-bond donors (Lipinski definition) is 0. The fourth-order valence-corrected chi connectivity index (χ4v) is 4.96. The van der Waals surface area contributed by atoms with Gasteiger partial charge in [0.05, 0.1) is 12.4 Å². The molecule has 1 amide bonds. The van der Waals surface area contributed by atoms with Crippen molar-refractivity contribution in [3.05, 3.63) is 0 Å². The number of thioether (sulfide) groups is 1. The van der Waals surface area contributed by atoms with Crippen LogP contribution in [0.5, 0.6) is 0 Å². The smallest absolute Gasteiger partial charge is 0.248 e. The topological polar surface area (TPSA) is 66.9 Å². The van der Waals surface area contributed by atoms with Crippen LogP contribution in [0, 0.1) is 0 Å². The second-order valence-corrected chi connectivity index (χ2v) is 8.92. The maximum absolute atomic E-state index is 11.4. The molecule has 19 heavy (non-hydrogen) atoms. The van der Waals surface area contributed by atoms with Crippen LogP contribution >= 0.6 is 11.8 Å². The third-order valence-corrected chi connectivity index (χ3v) is 6.29. The number of sulfonamides is 1. The van der Waals surface area contributed by atoms with Crippen molar-refractivity contribution in [2.24, 2.45) is 0 Å². The lowest BCUT2D eigenvalue weighted by Gasteiger charge is -2.45. The van der Waals surface area contributed by atoms with E-state index in [4.69, 9.17) is 4.74 Å². The van der Waals surface area contributed by atoms with E-state index in [1.54, 1.807) is 25.9 Å². The summed E-state index contributed by atoms with van der Waals surface area (Å²) in [6, 6.07) is 0. The van der Waals surface area contributed by atoms with Gasteiger partial charge in [-0.15, -0.1) is 11.8 Å². The predicted molar refractivity (Wildman–Crippen MR) is 74.7 cm³/mol. The molecule has 0 N–H and O–H groups in total. The standard InChI is InChI=1S/C11H20N2O4S2/c1-12(2)10(14)5-17-9-4-11(18-6-9)7-13(8-11)19(3,15)16/h9H,4-8H2,1-3H3/t9-/m1/s1. The van der Waals surface area contributed by atoms with Crippen LogP contribution < -0.4 is 0 Å². The van der Waals surface area contributed by atoms with Gasteiger partial charge in [-0.3, -0.25) is 4.79 Å². The summed E-state index contributed by atoms with van der Waals surface area (Å²) in [6.07, 6.45) is 2.11. The number of ether oxygens (including phenoxy) is 1. The Morgan fingerprint density at radius 3 is 2.63 bits per heavy atom. The van der Waals surface area contributed by atoms with Crippen LogP contribution in [0.15, 0.2) is 0 Å². The molecule has 8 heteroatoms. The van der Waals surface area contributed by atoms with Gasteiger partial charge in [0.25, 0.3) is 0 Å². The van der Waals surface area contributed by atoms with Crippen molar-refractivity contribution in [3.8, 4) is 0 Å². The number of hydrogen-bond acceptors (Lipinski definition) is 5. The highest BCUT2D eigenvalue weighted by molar-refractivity contribution is 8.01. The van der Waals surface area contributed by atoms with Gasteiger partial charge in [-0.25, -0.2) is 8.42 Å². The molecular weight excluding hydrogens is 288 g/mol. The highest BCUT2D eigenvalue weighted by atomic mass is 32.2. The average molecular weight is 308 g/mol. The largest absolute Gasteiger partial charge is 0.367 e. The summed E-state index contributed by atoms with van der Waals surface area (Å²) in [7, 11) is 0.336. The van der Waals surface area contributed by atoms with Crippen molar-refractivity contribution in [3.63, 3.8) is 0 Å². The molecule has 1 atom stereocenters. The number of carbonyl (C=O) groups excluding carboxylic acids is 1. The summed E-state index contributed by atoms with van der Waals surface area (Å²) in [5.74, 6) is 0.788. The molecule has 2 saturated heterocycles. The lowest BCUT2D eigenvalue weighted by Crippen LogP contribution is -2.60. The predicted octanol–water partition coefficient (Wildman–Crippen LogP) is -0.389. The minimum absolute atomic E-state index is 0.00884. The monoisotopic (exact) mass is 308 g/mol. The van der Waals surface area contributed by atoms with Crippen molar-refractivity contribution in [2.75, 3.05) is 45.8 Å². The van der Waals surface area contributed by atoms with Gasteiger partial charge in [0.2, 0.25) is 15.9 Å². The fraction of sp³-hybridized carbons (Fsp3) is 0.909. The van der Waals surface area contributed by atoms with Gasteiger partial charge in [0.15, 0.2) is 0 Å². The number of amides is 1. The van der Waals surface area contributed by atoms with E-state index < -0.39 is 10.0 Å². The van der Waals surface area contributed by atoms with E-state index in [2.05, 4.69) is 0 Å². The lowest BCUT2D eigenvalue weighted by molar-refractivity contribution is -0.135. The Labute approximate surface area is 118 Å². The maximum Gasteiger partial charge on any atom is 0.248 e. The van der Waals surface area contributed by atoms with Crippen LogP contribution in [0.3, 0.4) is 0 Å². The van der Waals surface area contributed by atoms with Crippen LogP contribution in [-0.2, 0) is 19.6 Å². The first kappa shape index (κ1) is 15.1. The second-order valence-electron chi connectivity index (χ2n) is 5.45. The minimum atomic E-state index is -3.07. The lowest BCUT2D eigenvalue weighted by atomic mass is 9.95. The highest BCUT2D eigenvalue weighted by Gasteiger charge is 2.52. The molecule has 2 heterocycles. The van der Waals surface area contributed by atoms with E-state index in [-0.39, 0.29) is 23.4 Å². The Morgan fingerprint density at radius 1 is 1.47 bits per heavy atom. The van der Waals surface area contributed by atoms with Crippen molar-refractivity contribution in [1.29, 1.82) is 0 Å². The molecule has 0 bridgehead atoms. The fourth-order valence-electron chi connectivity index (χ4n) is 2.28. The zero-order valence-corrected chi connectivity index (χ0v) is 13.1. The molecule has 2 aliphatic heterocycles. The summed E-state index contributed by atoms with van der Waals surface area (Å²) in [5, 5.41) is 0. The Balaban J connectivity index is 1.78. The third kappa shape index (κ3) is 3.42. The number of rotatable bonds is 4. The van der Waals surface area contributed by atoms with Crippen molar-refractivity contribution in [2.45, 2.75) is 17.3 Å². The van der Waals surface area contributed by atoms with Gasteiger partial charge < -0.3 is 9.64 Å². The number of likely N-dealkylation sites (N-methyl/N-ethyl adjacent to an activating group) is 1. The van der Waals surface area contributed by atoms with Crippen LogP contribution in [0.2, 0.25) is 0 Å². The molecule has 2 rings (SSSR count). The molecule has 0 aromatic heterocycles. The van der Waals surface area contributed by atoms with Gasteiger partial charge in [-0.05, 0) is 6.42 Å². The Morgan fingerprint density at radius 2 is 2.11 bits per heavy atom. The zero-order chi connectivity index (χ0) is 14.3. The first-order valence-electron chi connectivity index (χ1n) is 6.13. The van der Waals surface area contributed by atoms with E-state index in [9.17, 15) is 13.2 Å². The van der Waals surface area contributed by atoms with Crippen LogP contribution in [0.25, 0.3) is 0 Å². The van der Waals surface area contributed by atoms with Gasteiger partial charge in [0.1, 0.15) is 6.61 Å². The first-order valence-corrected chi connectivity index (χ1v) is 8.96. The van der Waals surface area contributed by atoms with Crippen molar-refractivity contribution < 1.29 is 17.9 Å². The quantitative estimate of drug-likeness (QED) is 0.708. The average Bonchev–Trinajstić information content (AvgIpc) is 2.66. The van der Waals surface area contributed by atoms with Crippen LogP contribution in [0.4, 0.5) is 0 Å². The SMILES string of the molecule is CN(C)C(=O)CO[C@H]1CSC2(C1)CN(S(C)(=O)=O)C2. The van der Waals surface area contributed by atoms with Gasteiger partial charge in [0, 0.05) is 37.7 Å². The van der Waals surface area contributed by atoms with E-state index in [1.165, 1.54) is 15.5 Å². The van der Waals surface area contributed by atoms with Crippen molar-refractivity contribution in [1.82, 2.24) is 9.21 Å². The summed E-state index contributed by atoms with van der Waals surface area (Å²) < 4.78 is 29.8. The molecule has 0 aromatic carbocycles. The van der Waals surface area contributed by atoms with Crippen LogP contribution in [0.1, 0.15) is 6.42 Å². The normalized spacial score (nSPS) is 26.4. The minimum Gasteiger partial charge on any atom is -0.367 e. The molecule has 0 aliphatic carbocycles. The van der Waals surface area contributed by atoms with E-state index >= 15 is 0 Å². The van der Waals surface area contributed by atoms with Gasteiger partial charge in [-0.1, -0.05) is 0 Å². The molecule has 0 aromatic rings. The number of nitrogens with zero attached hydrogens (tertiary/aromatic N) is 2. The Bertz CT molecular complexity index is 457. The zero-order valence-electron chi connectivity index (χ0n) is 11.5. The molecule has 0 unspecified atom stereocenters. The number of carbonyl (C=O) groups is 1. The molecule has 0 radical (unpaired) electrons. The van der Waals surface area contributed by atoms with E-state index in [1.807, 2.05) is 0 Å². The summed E-state index contributed by atoms with van der Waals surface area (Å²) in [4.78, 5) is 12.9. The Kier molecular flexibility index (Phi) is 4.15. The molecule has 110 valence electrons. The molecule has 2 aliphatic rings. The second kappa shape index (κ2) is 5.23. The van der Waals surface area contributed by atoms with Crippen molar-refractivity contribution >= 4 is 27.7 Å².